The van der Waals surface area contributed by atoms with Gasteiger partial charge in [-0.1, -0.05) is 6.07 Å². The van der Waals surface area contributed by atoms with Crippen LogP contribution in [0.15, 0.2) is 78.1 Å². The molecule has 1 aromatic carbocycles. The number of hydrogen-bond donors (Lipinski definition) is 1. The standard InChI is InChI=1S/C26H28N4O2.3ClH/c1-30-14-10-22-17-24(7-8-25(22)26(30)31)32-15-3-12-28-19-21-9-13-29-23(16-21)6-5-20-4-2-11-27-18-20;;;/h2,4,7-11,13-14,16-18,28H,3,5-6,12,15,19H2,1H3;3*1H. The van der Waals surface area contributed by atoms with E-state index in [9.17, 15) is 4.79 Å². The van der Waals surface area contributed by atoms with Gasteiger partial charge in [-0.3, -0.25) is 14.8 Å². The van der Waals surface area contributed by atoms with Gasteiger partial charge in [0.05, 0.1) is 6.61 Å². The molecule has 35 heavy (non-hydrogen) atoms. The first-order chi connectivity index (χ1) is 15.7. The van der Waals surface area contributed by atoms with Crippen LogP contribution in [0.2, 0.25) is 0 Å². The molecule has 0 amide bonds. The SMILES string of the molecule is Cl.Cl.Cl.Cn1ccc2cc(OCCCNCc3ccnc(CCc4cccnc4)c3)ccc2c1=O. The van der Waals surface area contributed by atoms with E-state index in [0.717, 1.165) is 49.2 Å². The summed E-state index contributed by atoms with van der Waals surface area (Å²) >= 11 is 0. The van der Waals surface area contributed by atoms with Crippen molar-refractivity contribution in [3.8, 4) is 5.75 Å². The number of aryl methyl sites for hydroxylation is 3. The van der Waals surface area contributed by atoms with Crippen molar-refractivity contribution in [3.05, 3.63) is 100 Å². The highest BCUT2D eigenvalue weighted by Gasteiger charge is 2.03. The summed E-state index contributed by atoms with van der Waals surface area (Å²) in [7, 11) is 1.76. The molecule has 0 aliphatic carbocycles. The maximum absolute atomic E-state index is 12.1. The molecule has 4 rings (SSSR count). The Hall–Kier alpha value is -2.64. The Morgan fingerprint density at radius 2 is 1.83 bits per heavy atom. The predicted octanol–water partition coefficient (Wildman–Crippen LogP) is 4.94. The second kappa shape index (κ2) is 15.4. The molecule has 1 N–H and O–H groups in total. The van der Waals surface area contributed by atoms with Crippen molar-refractivity contribution in [2.75, 3.05) is 13.2 Å². The van der Waals surface area contributed by atoms with Crippen LogP contribution < -0.4 is 15.6 Å². The molecule has 0 aliphatic rings. The number of rotatable bonds is 10. The fourth-order valence-electron chi connectivity index (χ4n) is 3.63. The zero-order valence-electron chi connectivity index (χ0n) is 19.6. The van der Waals surface area contributed by atoms with Crippen molar-refractivity contribution in [3.63, 3.8) is 0 Å². The molecule has 0 aliphatic heterocycles. The van der Waals surface area contributed by atoms with E-state index in [2.05, 4.69) is 33.5 Å². The molecule has 0 spiro atoms. The number of nitrogens with one attached hydrogen (secondary N) is 1. The zero-order valence-corrected chi connectivity index (χ0v) is 22.0. The molecular formula is C26H31Cl3N4O2. The van der Waals surface area contributed by atoms with E-state index >= 15 is 0 Å². The Kier molecular flexibility index (Phi) is 13.3. The first-order valence-electron chi connectivity index (χ1n) is 10.9. The molecule has 0 bridgehead atoms. The van der Waals surface area contributed by atoms with Gasteiger partial charge in [0.25, 0.3) is 5.56 Å². The molecular weight excluding hydrogens is 507 g/mol. The molecule has 3 aromatic heterocycles. The normalized spacial score (nSPS) is 10.1. The van der Waals surface area contributed by atoms with E-state index < -0.39 is 0 Å². The summed E-state index contributed by atoms with van der Waals surface area (Å²) in [6.07, 6.45) is 10.1. The highest BCUT2D eigenvalue weighted by Crippen LogP contribution is 2.18. The summed E-state index contributed by atoms with van der Waals surface area (Å²) in [5.74, 6) is 0.790. The van der Waals surface area contributed by atoms with Gasteiger partial charge in [-0.05, 0) is 84.8 Å². The summed E-state index contributed by atoms with van der Waals surface area (Å²) in [6, 6.07) is 15.8. The first-order valence-corrected chi connectivity index (χ1v) is 10.9. The van der Waals surface area contributed by atoms with Gasteiger partial charge >= 0.3 is 0 Å². The summed E-state index contributed by atoms with van der Waals surface area (Å²) < 4.78 is 7.45. The van der Waals surface area contributed by atoms with Gasteiger partial charge in [-0.2, -0.15) is 0 Å². The Morgan fingerprint density at radius 3 is 2.63 bits per heavy atom. The van der Waals surface area contributed by atoms with E-state index in [1.54, 1.807) is 24.0 Å². The summed E-state index contributed by atoms with van der Waals surface area (Å²) in [6.45, 7) is 2.29. The number of aromatic nitrogens is 3. The Balaban J connectivity index is 0.00000204. The summed E-state index contributed by atoms with van der Waals surface area (Å²) in [5, 5.41) is 5.08. The molecule has 0 saturated carbocycles. The predicted molar refractivity (Wildman–Crippen MR) is 149 cm³/mol. The molecule has 0 saturated heterocycles. The van der Waals surface area contributed by atoms with E-state index in [0.29, 0.717) is 12.0 Å². The minimum absolute atomic E-state index is 0. The van der Waals surface area contributed by atoms with Crippen molar-refractivity contribution in [2.45, 2.75) is 25.8 Å². The van der Waals surface area contributed by atoms with Crippen LogP contribution in [-0.4, -0.2) is 27.7 Å². The Morgan fingerprint density at radius 1 is 0.971 bits per heavy atom. The lowest BCUT2D eigenvalue weighted by Crippen LogP contribution is -2.17. The lowest BCUT2D eigenvalue weighted by atomic mass is 10.1. The lowest BCUT2D eigenvalue weighted by Gasteiger charge is -2.09. The van der Waals surface area contributed by atoms with Gasteiger partial charge in [0.1, 0.15) is 5.75 Å². The summed E-state index contributed by atoms with van der Waals surface area (Å²) in [5.41, 5.74) is 3.57. The van der Waals surface area contributed by atoms with Crippen LogP contribution in [0.4, 0.5) is 0 Å². The van der Waals surface area contributed by atoms with Crippen molar-refractivity contribution in [2.24, 2.45) is 7.05 Å². The number of halogens is 3. The molecule has 4 aromatic rings. The van der Waals surface area contributed by atoms with Crippen LogP contribution in [0.25, 0.3) is 10.8 Å². The van der Waals surface area contributed by atoms with E-state index in [1.165, 1.54) is 11.1 Å². The molecule has 3 heterocycles. The van der Waals surface area contributed by atoms with E-state index in [4.69, 9.17) is 4.74 Å². The average molecular weight is 538 g/mol. The van der Waals surface area contributed by atoms with Gasteiger partial charge in [0.15, 0.2) is 0 Å². The molecule has 188 valence electrons. The molecule has 0 fully saturated rings. The van der Waals surface area contributed by atoms with Crippen molar-refractivity contribution in [1.82, 2.24) is 19.9 Å². The van der Waals surface area contributed by atoms with Crippen molar-refractivity contribution >= 4 is 48.0 Å². The van der Waals surface area contributed by atoms with Crippen LogP contribution >= 0.6 is 37.2 Å². The number of pyridine rings is 3. The highest BCUT2D eigenvalue weighted by molar-refractivity contribution is 5.86. The lowest BCUT2D eigenvalue weighted by molar-refractivity contribution is 0.308. The fraction of sp³-hybridized carbons (Fsp3) is 0.269. The van der Waals surface area contributed by atoms with Gasteiger partial charge in [-0.15, -0.1) is 37.2 Å². The number of hydrogen-bond acceptors (Lipinski definition) is 5. The first kappa shape index (κ1) is 30.4. The van der Waals surface area contributed by atoms with Crippen LogP contribution in [0.5, 0.6) is 5.75 Å². The number of benzene rings is 1. The zero-order chi connectivity index (χ0) is 22.2. The van der Waals surface area contributed by atoms with E-state index in [1.807, 2.05) is 42.7 Å². The summed E-state index contributed by atoms with van der Waals surface area (Å²) in [4.78, 5) is 20.8. The maximum Gasteiger partial charge on any atom is 0.258 e. The molecule has 0 radical (unpaired) electrons. The smallest absolute Gasteiger partial charge is 0.258 e. The number of nitrogens with zero attached hydrogens (tertiary/aromatic N) is 3. The number of fused-ring (bicyclic) bond motifs is 1. The van der Waals surface area contributed by atoms with Gasteiger partial charge in [-0.25, -0.2) is 0 Å². The number of ether oxygens (including phenoxy) is 1. The second-order valence-electron chi connectivity index (χ2n) is 7.88. The van der Waals surface area contributed by atoms with Crippen LogP contribution in [0.1, 0.15) is 23.2 Å². The van der Waals surface area contributed by atoms with Gasteiger partial charge in [0.2, 0.25) is 0 Å². The topological polar surface area (TPSA) is 69.0 Å². The quantitative estimate of drug-likeness (QED) is 0.290. The van der Waals surface area contributed by atoms with Crippen molar-refractivity contribution in [1.29, 1.82) is 0 Å². The Labute approximate surface area is 224 Å². The third kappa shape index (κ3) is 8.82. The van der Waals surface area contributed by atoms with Gasteiger partial charge in [0, 0.05) is 49.5 Å². The van der Waals surface area contributed by atoms with Crippen LogP contribution in [-0.2, 0) is 26.4 Å². The van der Waals surface area contributed by atoms with Crippen molar-refractivity contribution < 1.29 is 4.74 Å². The van der Waals surface area contributed by atoms with E-state index in [-0.39, 0.29) is 42.8 Å². The van der Waals surface area contributed by atoms with Gasteiger partial charge < -0.3 is 14.6 Å². The maximum atomic E-state index is 12.1. The fourth-order valence-corrected chi connectivity index (χ4v) is 3.63. The molecule has 0 atom stereocenters. The average Bonchev–Trinajstić information content (AvgIpc) is 2.83. The minimum Gasteiger partial charge on any atom is -0.494 e. The monoisotopic (exact) mass is 536 g/mol. The Bertz CT molecular complexity index is 1240. The molecule has 0 unspecified atom stereocenters. The molecule has 9 heteroatoms. The second-order valence-corrected chi connectivity index (χ2v) is 7.88. The highest BCUT2D eigenvalue weighted by atomic mass is 35.5. The third-order valence-electron chi connectivity index (χ3n) is 5.42. The van der Waals surface area contributed by atoms with Crippen LogP contribution in [0.3, 0.4) is 0 Å². The molecule has 6 nitrogen and oxygen atoms in total. The minimum atomic E-state index is 0. The third-order valence-corrected chi connectivity index (χ3v) is 5.42. The largest absolute Gasteiger partial charge is 0.494 e. The van der Waals surface area contributed by atoms with Crippen LogP contribution in [0, 0.1) is 0 Å².